The van der Waals surface area contributed by atoms with E-state index in [0.29, 0.717) is 13.1 Å². The Morgan fingerprint density at radius 1 is 1.19 bits per heavy atom. The number of amides is 1. The van der Waals surface area contributed by atoms with Crippen LogP contribution in [-0.2, 0) is 10.0 Å². The van der Waals surface area contributed by atoms with Crippen LogP contribution in [0.1, 0.15) is 29.6 Å². The number of rotatable bonds is 5. The van der Waals surface area contributed by atoms with Gasteiger partial charge in [0.15, 0.2) is 0 Å². The molecular formula is C19H22FN3O3S. The monoisotopic (exact) mass is 391 g/mol. The first-order chi connectivity index (χ1) is 12.9. The van der Waals surface area contributed by atoms with Gasteiger partial charge in [-0.15, -0.1) is 0 Å². The fourth-order valence-corrected chi connectivity index (χ4v) is 4.34. The number of nitrogens with two attached hydrogens (primary N) is 1. The van der Waals surface area contributed by atoms with Gasteiger partial charge in [0, 0.05) is 24.7 Å². The average Bonchev–Trinajstić information content (AvgIpc) is 2.69. The van der Waals surface area contributed by atoms with E-state index in [1.807, 2.05) is 0 Å². The molecule has 1 saturated heterocycles. The van der Waals surface area contributed by atoms with Gasteiger partial charge in [-0.05, 0) is 49.6 Å². The van der Waals surface area contributed by atoms with Crippen molar-refractivity contribution in [2.75, 3.05) is 17.8 Å². The molecule has 0 saturated carbocycles. The zero-order chi connectivity index (χ0) is 19.4. The SMILES string of the molecule is NCC1CCCCN1C(=O)c1cccc(S(=O)(=O)Nc2ccccc2F)c1. The second-order valence-corrected chi connectivity index (χ2v) is 8.18. The lowest BCUT2D eigenvalue weighted by Gasteiger charge is -2.35. The van der Waals surface area contributed by atoms with Crippen LogP contribution in [0.15, 0.2) is 53.4 Å². The first-order valence-electron chi connectivity index (χ1n) is 8.81. The highest BCUT2D eigenvalue weighted by Gasteiger charge is 2.27. The van der Waals surface area contributed by atoms with E-state index in [-0.39, 0.29) is 28.1 Å². The summed E-state index contributed by atoms with van der Waals surface area (Å²) >= 11 is 0. The molecule has 6 nitrogen and oxygen atoms in total. The van der Waals surface area contributed by atoms with Crippen LogP contribution < -0.4 is 10.5 Å². The highest BCUT2D eigenvalue weighted by Crippen LogP contribution is 2.22. The number of carbonyl (C=O) groups is 1. The van der Waals surface area contributed by atoms with E-state index in [4.69, 9.17) is 5.73 Å². The summed E-state index contributed by atoms with van der Waals surface area (Å²) in [4.78, 5) is 14.5. The number of para-hydroxylation sites is 1. The van der Waals surface area contributed by atoms with Crippen molar-refractivity contribution < 1.29 is 17.6 Å². The third-order valence-corrected chi connectivity index (χ3v) is 6.03. The van der Waals surface area contributed by atoms with Crippen molar-refractivity contribution in [1.82, 2.24) is 4.90 Å². The Hall–Kier alpha value is -2.45. The van der Waals surface area contributed by atoms with E-state index in [1.165, 1.54) is 42.5 Å². The number of hydrogen-bond acceptors (Lipinski definition) is 4. The summed E-state index contributed by atoms with van der Waals surface area (Å²) < 4.78 is 41.2. The number of nitrogens with zero attached hydrogens (tertiary/aromatic N) is 1. The summed E-state index contributed by atoms with van der Waals surface area (Å²) in [6, 6.07) is 11.2. The molecule has 1 aliphatic rings. The van der Waals surface area contributed by atoms with Gasteiger partial charge >= 0.3 is 0 Å². The van der Waals surface area contributed by atoms with Crippen LogP contribution in [0.25, 0.3) is 0 Å². The number of anilines is 1. The third-order valence-electron chi connectivity index (χ3n) is 4.67. The molecular weight excluding hydrogens is 369 g/mol. The maximum Gasteiger partial charge on any atom is 0.262 e. The molecule has 0 aromatic heterocycles. The molecule has 1 fully saturated rings. The Balaban J connectivity index is 1.86. The van der Waals surface area contributed by atoms with Crippen LogP contribution in [0.3, 0.4) is 0 Å². The molecule has 144 valence electrons. The Morgan fingerprint density at radius 2 is 1.96 bits per heavy atom. The number of benzene rings is 2. The maximum absolute atomic E-state index is 13.8. The summed E-state index contributed by atoms with van der Waals surface area (Å²) in [5, 5.41) is 0. The molecule has 0 radical (unpaired) electrons. The molecule has 0 spiro atoms. The minimum absolute atomic E-state index is 0.0388. The van der Waals surface area contributed by atoms with Crippen molar-refractivity contribution in [3.63, 3.8) is 0 Å². The number of carbonyl (C=O) groups excluding carboxylic acids is 1. The summed E-state index contributed by atoms with van der Waals surface area (Å²) in [7, 11) is -4.03. The lowest BCUT2D eigenvalue weighted by atomic mass is 10.0. The van der Waals surface area contributed by atoms with Crippen LogP contribution in [0.5, 0.6) is 0 Å². The van der Waals surface area contributed by atoms with E-state index in [0.717, 1.165) is 19.3 Å². The number of halogens is 1. The normalized spacial score (nSPS) is 17.6. The lowest BCUT2D eigenvalue weighted by molar-refractivity contribution is 0.0623. The second-order valence-electron chi connectivity index (χ2n) is 6.50. The molecule has 1 heterocycles. The smallest absolute Gasteiger partial charge is 0.262 e. The quantitative estimate of drug-likeness (QED) is 0.819. The number of piperidine rings is 1. The van der Waals surface area contributed by atoms with Gasteiger partial charge in [0.1, 0.15) is 5.82 Å². The van der Waals surface area contributed by atoms with Gasteiger partial charge in [0.25, 0.3) is 15.9 Å². The molecule has 8 heteroatoms. The van der Waals surface area contributed by atoms with E-state index < -0.39 is 15.8 Å². The van der Waals surface area contributed by atoms with Gasteiger partial charge in [0.05, 0.1) is 10.6 Å². The molecule has 2 aromatic rings. The minimum atomic E-state index is -4.03. The summed E-state index contributed by atoms with van der Waals surface area (Å²) in [5.74, 6) is -0.916. The molecule has 1 unspecified atom stereocenters. The molecule has 27 heavy (non-hydrogen) atoms. The summed E-state index contributed by atoms with van der Waals surface area (Å²) in [6.07, 6.45) is 2.76. The van der Waals surface area contributed by atoms with E-state index in [2.05, 4.69) is 4.72 Å². The Kier molecular flexibility index (Phi) is 5.76. The maximum atomic E-state index is 13.8. The predicted molar refractivity (Wildman–Crippen MR) is 101 cm³/mol. The number of hydrogen-bond donors (Lipinski definition) is 2. The molecule has 1 atom stereocenters. The van der Waals surface area contributed by atoms with Crippen LogP contribution in [-0.4, -0.2) is 38.4 Å². The molecule has 0 aliphatic carbocycles. The highest BCUT2D eigenvalue weighted by atomic mass is 32.2. The fourth-order valence-electron chi connectivity index (χ4n) is 3.22. The van der Waals surface area contributed by atoms with Crippen molar-refractivity contribution in [3.8, 4) is 0 Å². The van der Waals surface area contributed by atoms with Gasteiger partial charge in [-0.1, -0.05) is 18.2 Å². The van der Waals surface area contributed by atoms with Gasteiger partial charge in [-0.3, -0.25) is 9.52 Å². The van der Waals surface area contributed by atoms with Crippen LogP contribution in [0.2, 0.25) is 0 Å². The summed E-state index contributed by atoms with van der Waals surface area (Å²) in [5.41, 5.74) is 5.90. The number of nitrogens with one attached hydrogen (secondary N) is 1. The van der Waals surface area contributed by atoms with E-state index >= 15 is 0 Å². The number of likely N-dealkylation sites (tertiary alicyclic amines) is 1. The first kappa shape index (κ1) is 19.3. The van der Waals surface area contributed by atoms with Gasteiger partial charge in [-0.25, -0.2) is 12.8 Å². The predicted octanol–water partition coefficient (Wildman–Crippen LogP) is 2.58. The molecule has 1 aliphatic heterocycles. The zero-order valence-corrected chi connectivity index (χ0v) is 15.6. The van der Waals surface area contributed by atoms with Gasteiger partial charge in [-0.2, -0.15) is 0 Å². The second kappa shape index (κ2) is 8.06. The number of sulfonamides is 1. The standard InChI is InChI=1S/C19H22FN3O3S/c20-17-9-1-2-10-18(17)22-27(25,26)16-8-5-6-14(12-16)19(24)23-11-4-3-7-15(23)13-21/h1-2,5-6,8-10,12,15,22H,3-4,7,11,13,21H2. The summed E-state index contributed by atoms with van der Waals surface area (Å²) in [6.45, 7) is 0.976. The van der Waals surface area contributed by atoms with Gasteiger partial charge < -0.3 is 10.6 Å². The largest absolute Gasteiger partial charge is 0.334 e. The van der Waals surface area contributed by atoms with E-state index in [1.54, 1.807) is 11.0 Å². The highest BCUT2D eigenvalue weighted by molar-refractivity contribution is 7.92. The average molecular weight is 391 g/mol. The third kappa shape index (κ3) is 4.28. The van der Waals surface area contributed by atoms with Gasteiger partial charge in [0.2, 0.25) is 0 Å². The van der Waals surface area contributed by atoms with Crippen LogP contribution in [0, 0.1) is 5.82 Å². The fraction of sp³-hybridized carbons (Fsp3) is 0.316. The Morgan fingerprint density at radius 3 is 2.70 bits per heavy atom. The van der Waals surface area contributed by atoms with Crippen molar-refractivity contribution in [1.29, 1.82) is 0 Å². The van der Waals surface area contributed by atoms with Crippen molar-refractivity contribution in [2.45, 2.75) is 30.2 Å². The van der Waals surface area contributed by atoms with Crippen molar-refractivity contribution >= 4 is 21.6 Å². The Bertz CT molecular complexity index is 933. The topological polar surface area (TPSA) is 92.5 Å². The molecule has 0 bridgehead atoms. The van der Waals surface area contributed by atoms with E-state index in [9.17, 15) is 17.6 Å². The lowest BCUT2D eigenvalue weighted by Crippen LogP contribution is -2.47. The zero-order valence-electron chi connectivity index (χ0n) is 14.8. The molecule has 1 amide bonds. The van der Waals surface area contributed by atoms with Crippen LogP contribution in [0.4, 0.5) is 10.1 Å². The first-order valence-corrected chi connectivity index (χ1v) is 10.3. The van der Waals surface area contributed by atoms with Crippen molar-refractivity contribution in [2.24, 2.45) is 5.73 Å². The molecule has 3 rings (SSSR count). The molecule has 2 aromatic carbocycles. The molecule has 3 N–H and O–H groups in total. The minimum Gasteiger partial charge on any atom is -0.334 e. The van der Waals surface area contributed by atoms with Crippen molar-refractivity contribution in [3.05, 3.63) is 59.9 Å². The van der Waals surface area contributed by atoms with Crippen LogP contribution >= 0.6 is 0 Å². The Labute approximate surface area is 158 Å².